The molecule has 3 aromatic rings. The van der Waals surface area contributed by atoms with Crippen LogP contribution in [-0.4, -0.2) is 130 Å². The van der Waals surface area contributed by atoms with Crippen LogP contribution in [0.5, 0.6) is 11.5 Å². The number of nitrogens with one attached hydrogen (secondary N) is 3. The standard InChI is InChI=1S/C47H64ClN7O9S/c1-9-28-21-47(28,42(58)59)53-40(56)34-19-30(22-55(34)41(57)39(45(4,5)6)52-44(60)64-29-17-26-16-27(26)18-29)63-36-20-32(33-23-65-43(51-33)49-25(2)3)50-38-31(36)10-11-35(37(38)48)62-15-13-54-12-14-61-24-46(54,7)8/h10-11,20,23,25-30,34,39H,9,12-19,21-22,24H2,1-8H3,(H,49,51)(H,52,60)(H,53,56)(H,58,59)/t26-,27+,28-,29+,30-,34+,39-,47-/m1/s1. The van der Waals surface area contributed by atoms with Crippen LogP contribution >= 0.6 is 22.9 Å². The lowest BCUT2D eigenvalue weighted by Crippen LogP contribution is -2.59. The van der Waals surface area contributed by atoms with Crippen LogP contribution in [0.4, 0.5) is 9.93 Å². The molecule has 2 aromatic heterocycles. The first-order chi connectivity index (χ1) is 30.8. The minimum absolute atomic E-state index is 0.0331. The zero-order chi connectivity index (χ0) is 46.6. The molecular formula is C47H64ClN7O9S. The Hall–Kier alpha value is -4.45. The Morgan fingerprint density at radius 2 is 1.80 bits per heavy atom. The van der Waals surface area contributed by atoms with E-state index in [4.69, 9.17) is 40.5 Å². The molecular weight excluding hydrogens is 874 g/mol. The van der Waals surface area contributed by atoms with Crippen LogP contribution in [0.15, 0.2) is 23.6 Å². The number of halogens is 1. The number of benzene rings is 1. The summed E-state index contributed by atoms with van der Waals surface area (Å²) in [5.74, 6) is -0.397. The molecule has 354 valence electrons. The number of carbonyl (C=O) groups is 4. The number of thiazole rings is 1. The van der Waals surface area contributed by atoms with Gasteiger partial charge in [-0.05, 0) is 88.7 Å². The van der Waals surface area contributed by atoms with Gasteiger partial charge in [-0.3, -0.25) is 14.5 Å². The van der Waals surface area contributed by atoms with Gasteiger partial charge in [-0.25, -0.2) is 19.6 Å². The van der Waals surface area contributed by atoms with Crippen molar-refractivity contribution in [3.63, 3.8) is 0 Å². The van der Waals surface area contributed by atoms with Gasteiger partial charge in [-0.15, -0.1) is 11.3 Å². The summed E-state index contributed by atoms with van der Waals surface area (Å²) < 4.78 is 24.6. The summed E-state index contributed by atoms with van der Waals surface area (Å²) in [7, 11) is 0. The predicted molar refractivity (Wildman–Crippen MR) is 248 cm³/mol. The predicted octanol–water partition coefficient (Wildman–Crippen LogP) is 6.98. The lowest BCUT2D eigenvalue weighted by Gasteiger charge is -2.41. The Morgan fingerprint density at radius 3 is 2.46 bits per heavy atom. The van der Waals surface area contributed by atoms with Crippen LogP contribution in [0.25, 0.3) is 22.3 Å². The maximum atomic E-state index is 14.8. The number of nitrogens with zero attached hydrogens (tertiary/aromatic N) is 4. The molecule has 16 nitrogen and oxygen atoms in total. The molecule has 3 saturated carbocycles. The Kier molecular flexibility index (Phi) is 13.3. The molecule has 2 aliphatic heterocycles. The highest BCUT2D eigenvalue weighted by molar-refractivity contribution is 7.14. The topological polar surface area (TPSA) is 194 Å². The quantitative estimate of drug-likeness (QED) is 0.115. The number of carbonyl (C=O) groups excluding carboxylic acids is 3. The summed E-state index contributed by atoms with van der Waals surface area (Å²) in [6.07, 6.45) is 2.09. The fraction of sp³-hybridized carbons (Fsp3) is 0.660. The van der Waals surface area contributed by atoms with Crippen LogP contribution in [0.2, 0.25) is 5.02 Å². The molecule has 65 heavy (non-hydrogen) atoms. The first-order valence-corrected chi connectivity index (χ1v) is 24.3. The van der Waals surface area contributed by atoms with Gasteiger partial charge in [0.15, 0.2) is 5.13 Å². The van der Waals surface area contributed by atoms with E-state index in [0.717, 1.165) is 24.5 Å². The van der Waals surface area contributed by atoms with Gasteiger partial charge < -0.3 is 44.9 Å². The second-order valence-electron chi connectivity index (χ2n) is 20.6. The van der Waals surface area contributed by atoms with E-state index in [0.29, 0.717) is 89.9 Å². The molecule has 8 atom stereocenters. The van der Waals surface area contributed by atoms with E-state index in [1.165, 1.54) is 22.7 Å². The van der Waals surface area contributed by atoms with Crippen LogP contribution in [0, 0.1) is 23.2 Å². The first-order valence-electron chi connectivity index (χ1n) is 23.1. The lowest BCUT2D eigenvalue weighted by molar-refractivity contribution is -0.146. The Labute approximate surface area is 389 Å². The SMILES string of the molecule is CC[C@@H]1C[C@]1(NC(=O)[C@@H]1C[C@@H](Oc2cc(-c3csc(NC(C)C)n3)nc3c(Cl)c(OCCN4CCOCC4(C)C)ccc23)CN1C(=O)[C@@H](NC(=O)O[C@@H]1C[C@@H]2C[C@@H]2C1)C(C)(C)C)C(=O)O. The van der Waals surface area contributed by atoms with Crippen molar-refractivity contribution < 1.29 is 43.2 Å². The van der Waals surface area contributed by atoms with E-state index in [1.54, 1.807) is 12.1 Å². The van der Waals surface area contributed by atoms with E-state index in [9.17, 15) is 24.3 Å². The van der Waals surface area contributed by atoms with Gasteiger partial charge in [-0.2, -0.15) is 0 Å². The molecule has 4 heterocycles. The van der Waals surface area contributed by atoms with Crippen molar-refractivity contribution in [2.45, 2.75) is 135 Å². The first kappa shape index (κ1) is 47.1. The average Bonchev–Trinajstić information content (AvgIpc) is 3.91. The zero-order valence-corrected chi connectivity index (χ0v) is 40.3. The molecule has 8 rings (SSSR count). The summed E-state index contributed by atoms with van der Waals surface area (Å²) in [5.41, 5.74) is -0.832. The van der Waals surface area contributed by atoms with Gasteiger partial charge in [0.2, 0.25) is 11.8 Å². The molecule has 0 spiro atoms. The van der Waals surface area contributed by atoms with Gasteiger partial charge in [0.1, 0.15) is 58.7 Å². The fourth-order valence-electron chi connectivity index (χ4n) is 9.85. The second kappa shape index (κ2) is 18.3. The van der Waals surface area contributed by atoms with Gasteiger partial charge in [-0.1, -0.05) is 45.7 Å². The number of anilines is 1. The second-order valence-corrected chi connectivity index (χ2v) is 21.8. The molecule has 0 bridgehead atoms. The van der Waals surface area contributed by atoms with E-state index < -0.39 is 53.0 Å². The van der Waals surface area contributed by atoms with Crippen molar-refractivity contribution in [3.8, 4) is 22.9 Å². The summed E-state index contributed by atoms with van der Waals surface area (Å²) >= 11 is 8.61. The molecule has 5 aliphatic rings. The van der Waals surface area contributed by atoms with Crippen molar-refractivity contribution >= 4 is 62.8 Å². The molecule has 18 heteroatoms. The smallest absolute Gasteiger partial charge is 0.408 e. The number of alkyl carbamates (subject to hydrolysis) is 1. The number of likely N-dealkylation sites (tertiary alicyclic amines) is 1. The number of fused-ring (bicyclic) bond motifs is 2. The number of carboxylic acid groups (broad SMARTS) is 1. The van der Waals surface area contributed by atoms with Gasteiger partial charge in [0, 0.05) is 47.9 Å². The van der Waals surface area contributed by atoms with E-state index in [1.807, 2.05) is 53.0 Å². The molecule has 3 aliphatic carbocycles. The largest absolute Gasteiger partial charge is 0.491 e. The summed E-state index contributed by atoms with van der Waals surface area (Å²) in [6.45, 7) is 18.9. The number of pyridine rings is 1. The van der Waals surface area contributed by atoms with Crippen LogP contribution in [0.3, 0.4) is 0 Å². The van der Waals surface area contributed by atoms with Crippen molar-refractivity contribution in [1.29, 1.82) is 0 Å². The number of ether oxygens (including phenoxy) is 4. The Morgan fingerprint density at radius 1 is 1.05 bits per heavy atom. The van der Waals surface area contributed by atoms with Gasteiger partial charge >= 0.3 is 12.1 Å². The highest BCUT2D eigenvalue weighted by Crippen LogP contribution is 2.52. The minimum Gasteiger partial charge on any atom is -0.491 e. The van der Waals surface area contributed by atoms with E-state index in [2.05, 4.69) is 34.7 Å². The maximum absolute atomic E-state index is 14.8. The molecule has 1 aromatic carbocycles. The van der Waals surface area contributed by atoms with Crippen molar-refractivity contribution in [2.75, 3.05) is 44.8 Å². The number of morpholine rings is 1. The monoisotopic (exact) mass is 937 g/mol. The molecule has 5 fully saturated rings. The number of carboxylic acids is 1. The average molecular weight is 939 g/mol. The van der Waals surface area contributed by atoms with Crippen LogP contribution in [0.1, 0.15) is 93.9 Å². The third-order valence-corrected chi connectivity index (χ3v) is 14.9. The van der Waals surface area contributed by atoms with Gasteiger partial charge in [0.05, 0.1) is 31.0 Å². The number of hydrogen-bond acceptors (Lipinski definition) is 13. The minimum atomic E-state index is -1.42. The molecule has 0 radical (unpaired) electrons. The Balaban J connectivity index is 1.09. The number of rotatable bonds is 16. The number of hydrogen-bond donors (Lipinski definition) is 4. The zero-order valence-electron chi connectivity index (χ0n) is 38.7. The highest BCUT2D eigenvalue weighted by atomic mass is 35.5. The molecule has 2 saturated heterocycles. The maximum Gasteiger partial charge on any atom is 0.408 e. The van der Waals surface area contributed by atoms with E-state index in [-0.39, 0.29) is 36.6 Å². The molecule has 3 amide bonds. The van der Waals surface area contributed by atoms with Crippen LogP contribution < -0.4 is 25.4 Å². The fourth-order valence-corrected chi connectivity index (χ4v) is 11.0. The lowest BCUT2D eigenvalue weighted by atomic mass is 9.85. The molecule has 0 unspecified atom stereocenters. The van der Waals surface area contributed by atoms with Gasteiger partial charge in [0.25, 0.3) is 0 Å². The third-order valence-electron chi connectivity index (χ3n) is 13.8. The summed E-state index contributed by atoms with van der Waals surface area (Å²) in [5, 5.41) is 22.8. The van der Waals surface area contributed by atoms with Crippen molar-refractivity contribution in [3.05, 3.63) is 28.6 Å². The van der Waals surface area contributed by atoms with E-state index >= 15 is 0 Å². The summed E-state index contributed by atoms with van der Waals surface area (Å²) in [6, 6.07) is 3.38. The van der Waals surface area contributed by atoms with Crippen molar-refractivity contribution in [1.82, 2.24) is 30.4 Å². The van der Waals surface area contributed by atoms with Crippen molar-refractivity contribution in [2.24, 2.45) is 23.2 Å². The third kappa shape index (κ3) is 10.1. The summed E-state index contributed by atoms with van der Waals surface area (Å²) in [4.78, 5) is 68.7. The number of aromatic nitrogens is 2. The van der Waals surface area contributed by atoms with Crippen LogP contribution in [-0.2, 0) is 23.9 Å². The normalized spacial score (nSPS) is 27.5. The number of aliphatic carboxylic acids is 1. The molecule has 4 N–H and O–H groups in total. The Bertz CT molecular complexity index is 2290. The number of amides is 3. The highest BCUT2D eigenvalue weighted by Gasteiger charge is 2.61.